The molecule has 0 radical (unpaired) electrons. The van der Waals surface area contributed by atoms with Gasteiger partial charge in [0.25, 0.3) is 0 Å². The highest BCUT2D eigenvalue weighted by Crippen LogP contribution is 2.28. The molecule has 0 saturated carbocycles. The Kier molecular flexibility index (Phi) is 7.30. The van der Waals surface area contributed by atoms with Gasteiger partial charge >= 0.3 is 0 Å². The van der Waals surface area contributed by atoms with Crippen LogP contribution in [0.5, 0.6) is 0 Å². The molecule has 0 aliphatic heterocycles. The SMILES string of the molecule is CCCCC(C)(CC)N(CC(C)C)C(C)C. The Balaban J connectivity index is 4.67. The molecule has 0 N–H and O–H groups in total. The average Bonchev–Trinajstić information content (AvgIpc) is 2.22. The van der Waals surface area contributed by atoms with Gasteiger partial charge in [0, 0.05) is 18.1 Å². The zero-order valence-electron chi connectivity index (χ0n) is 12.6. The Labute approximate surface area is 104 Å². The molecule has 0 aromatic carbocycles. The summed E-state index contributed by atoms with van der Waals surface area (Å²) in [7, 11) is 0. The van der Waals surface area contributed by atoms with Crippen molar-refractivity contribution in [3.63, 3.8) is 0 Å². The summed E-state index contributed by atoms with van der Waals surface area (Å²) >= 11 is 0. The zero-order valence-corrected chi connectivity index (χ0v) is 12.6. The van der Waals surface area contributed by atoms with Gasteiger partial charge in [-0.15, -0.1) is 0 Å². The van der Waals surface area contributed by atoms with Crippen molar-refractivity contribution in [2.24, 2.45) is 5.92 Å². The van der Waals surface area contributed by atoms with Crippen LogP contribution in [-0.2, 0) is 0 Å². The first kappa shape index (κ1) is 16.0. The van der Waals surface area contributed by atoms with Crippen LogP contribution in [0.2, 0.25) is 0 Å². The Hall–Kier alpha value is -0.0400. The number of hydrogen-bond donors (Lipinski definition) is 0. The summed E-state index contributed by atoms with van der Waals surface area (Å²) in [5, 5.41) is 0. The van der Waals surface area contributed by atoms with Crippen molar-refractivity contribution in [1.29, 1.82) is 0 Å². The molecule has 0 aromatic heterocycles. The van der Waals surface area contributed by atoms with E-state index in [1.54, 1.807) is 0 Å². The fraction of sp³-hybridized carbons (Fsp3) is 1.00. The van der Waals surface area contributed by atoms with E-state index in [0.717, 1.165) is 5.92 Å². The largest absolute Gasteiger partial charge is 0.295 e. The van der Waals surface area contributed by atoms with Gasteiger partial charge in [0.05, 0.1) is 0 Å². The molecule has 0 bridgehead atoms. The third kappa shape index (κ3) is 4.86. The third-order valence-electron chi connectivity index (χ3n) is 3.71. The van der Waals surface area contributed by atoms with Gasteiger partial charge in [-0.1, -0.05) is 40.5 Å². The third-order valence-corrected chi connectivity index (χ3v) is 3.71. The predicted octanol–water partition coefficient (Wildman–Crippen LogP) is 4.71. The molecule has 0 spiro atoms. The number of unbranched alkanes of at least 4 members (excludes halogenated alkanes) is 1. The number of nitrogens with zero attached hydrogens (tertiary/aromatic N) is 1. The van der Waals surface area contributed by atoms with Crippen molar-refractivity contribution in [2.75, 3.05) is 6.54 Å². The van der Waals surface area contributed by atoms with Gasteiger partial charge in [-0.25, -0.2) is 0 Å². The predicted molar refractivity (Wildman–Crippen MR) is 74.9 cm³/mol. The maximum absolute atomic E-state index is 2.72. The lowest BCUT2D eigenvalue weighted by molar-refractivity contribution is 0.0448. The van der Waals surface area contributed by atoms with Crippen molar-refractivity contribution >= 4 is 0 Å². The summed E-state index contributed by atoms with van der Waals surface area (Å²) in [6.45, 7) is 17.6. The van der Waals surface area contributed by atoms with E-state index >= 15 is 0 Å². The van der Waals surface area contributed by atoms with Gasteiger partial charge in [0.2, 0.25) is 0 Å². The first-order chi connectivity index (χ1) is 7.37. The van der Waals surface area contributed by atoms with Gasteiger partial charge in [-0.3, -0.25) is 4.90 Å². The zero-order chi connectivity index (χ0) is 12.8. The Morgan fingerprint density at radius 3 is 1.94 bits per heavy atom. The highest BCUT2D eigenvalue weighted by molar-refractivity contribution is 4.87. The minimum atomic E-state index is 0.397. The van der Waals surface area contributed by atoms with E-state index in [2.05, 4.69) is 53.4 Å². The average molecular weight is 227 g/mol. The Bertz CT molecular complexity index is 174. The molecular weight excluding hydrogens is 194 g/mol. The smallest absolute Gasteiger partial charge is 0.0181 e. The molecule has 0 saturated heterocycles. The summed E-state index contributed by atoms with van der Waals surface area (Å²) in [6, 6.07) is 0.657. The summed E-state index contributed by atoms with van der Waals surface area (Å²) in [5.41, 5.74) is 0.397. The van der Waals surface area contributed by atoms with Crippen molar-refractivity contribution < 1.29 is 0 Å². The lowest BCUT2D eigenvalue weighted by Gasteiger charge is -2.45. The first-order valence-corrected chi connectivity index (χ1v) is 7.14. The van der Waals surface area contributed by atoms with Gasteiger partial charge in [0.15, 0.2) is 0 Å². The monoisotopic (exact) mass is 227 g/mol. The second-order valence-corrected chi connectivity index (χ2v) is 6.09. The van der Waals surface area contributed by atoms with E-state index in [9.17, 15) is 0 Å². The van der Waals surface area contributed by atoms with Gasteiger partial charge in [-0.05, 0) is 39.5 Å². The normalized spacial score (nSPS) is 16.1. The van der Waals surface area contributed by atoms with E-state index < -0.39 is 0 Å². The van der Waals surface area contributed by atoms with E-state index in [1.165, 1.54) is 32.2 Å². The van der Waals surface area contributed by atoms with Crippen LogP contribution in [0.15, 0.2) is 0 Å². The van der Waals surface area contributed by atoms with E-state index in [4.69, 9.17) is 0 Å². The van der Waals surface area contributed by atoms with Crippen molar-refractivity contribution in [2.45, 2.75) is 85.7 Å². The van der Waals surface area contributed by atoms with Crippen LogP contribution < -0.4 is 0 Å². The van der Waals surface area contributed by atoms with Crippen LogP contribution in [0.3, 0.4) is 0 Å². The van der Waals surface area contributed by atoms with E-state index in [-0.39, 0.29) is 0 Å². The van der Waals surface area contributed by atoms with Crippen LogP contribution in [-0.4, -0.2) is 23.0 Å². The first-order valence-electron chi connectivity index (χ1n) is 7.14. The quantitative estimate of drug-likeness (QED) is 0.580. The number of rotatable bonds is 8. The minimum absolute atomic E-state index is 0.397. The van der Waals surface area contributed by atoms with Crippen LogP contribution >= 0.6 is 0 Å². The molecule has 0 aliphatic rings. The van der Waals surface area contributed by atoms with E-state index in [1.807, 2.05) is 0 Å². The second-order valence-electron chi connectivity index (χ2n) is 6.09. The highest BCUT2D eigenvalue weighted by Gasteiger charge is 2.31. The maximum Gasteiger partial charge on any atom is 0.0181 e. The summed E-state index contributed by atoms with van der Waals surface area (Å²) in [6.07, 6.45) is 5.26. The highest BCUT2D eigenvalue weighted by atomic mass is 15.2. The van der Waals surface area contributed by atoms with Crippen molar-refractivity contribution in [3.8, 4) is 0 Å². The molecule has 0 aromatic rings. The second kappa shape index (κ2) is 7.32. The lowest BCUT2D eigenvalue weighted by Crippen LogP contribution is -2.51. The molecule has 1 nitrogen and oxygen atoms in total. The van der Waals surface area contributed by atoms with Gasteiger partial charge in [0.1, 0.15) is 0 Å². The molecular formula is C15H33N. The van der Waals surface area contributed by atoms with Crippen LogP contribution in [0.4, 0.5) is 0 Å². The lowest BCUT2D eigenvalue weighted by atomic mass is 9.88. The Morgan fingerprint density at radius 1 is 1.06 bits per heavy atom. The maximum atomic E-state index is 2.72. The van der Waals surface area contributed by atoms with Gasteiger partial charge < -0.3 is 0 Å². The molecule has 0 fully saturated rings. The van der Waals surface area contributed by atoms with E-state index in [0.29, 0.717) is 11.6 Å². The fourth-order valence-electron chi connectivity index (χ4n) is 2.53. The topological polar surface area (TPSA) is 3.24 Å². The van der Waals surface area contributed by atoms with Crippen LogP contribution in [0.1, 0.15) is 74.1 Å². The summed E-state index contributed by atoms with van der Waals surface area (Å²) < 4.78 is 0. The molecule has 1 atom stereocenters. The minimum Gasteiger partial charge on any atom is -0.295 e. The van der Waals surface area contributed by atoms with Crippen LogP contribution in [0.25, 0.3) is 0 Å². The van der Waals surface area contributed by atoms with Crippen LogP contribution in [0, 0.1) is 5.92 Å². The Morgan fingerprint density at radius 2 is 1.62 bits per heavy atom. The molecule has 1 heteroatoms. The molecule has 98 valence electrons. The van der Waals surface area contributed by atoms with Gasteiger partial charge in [-0.2, -0.15) is 0 Å². The number of hydrogen-bond acceptors (Lipinski definition) is 1. The molecule has 0 aliphatic carbocycles. The summed E-state index contributed by atoms with van der Waals surface area (Å²) in [5.74, 6) is 0.759. The fourth-order valence-corrected chi connectivity index (χ4v) is 2.53. The molecule has 0 amide bonds. The molecule has 1 unspecified atom stereocenters. The standard InChI is InChI=1S/C15H33N/c1-8-10-11-15(7,9-2)16(14(5)6)12-13(3)4/h13-14H,8-12H2,1-7H3. The molecule has 16 heavy (non-hydrogen) atoms. The summed E-state index contributed by atoms with van der Waals surface area (Å²) in [4.78, 5) is 2.72. The van der Waals surface area contributed by atoms with Crippen molar-refractivity contribution in [1.82, 2.24) is 4.90 Å². The van der Waals surface area contributed by atoms with Crippen molar-refractivity contribution in [3.05, 3.63) is 0 Å². The molecule has 0 heterocycles. The molecule has 0 rings (SSSR count).